The van der Waals surface area contributed by atoms with E-state index < -0.39 is 0 Å². The van der Waals surface area contributed by atoms with Gasteiger partial charge in [-0.05, 0) is 25.3 Å². The van der Waals surface area contributed by atoms with Crippen molar-refractivity contribution < 1.29 is 9.53 Å². The summed E-state index contributed by atoms with van der Waals surface area (Å²) in [5.74, 6) is 0.117. The molecule has 1 N–H and O–H groups in total. The second-order valence-corrected chi connectivity index (χ2v) is 7.39. The zero-order chi connectivity index (χ0) is 16.4. The van der Waals surface area contributed by atoms with Crippen molar-refractivity contribution in [2.45, 2.75) is 64.2 Å². The average molecular weight is 332 g/mol. The third-order valence-corrected chi connectivity index (χ3v) is 5.71. The molecule has 4 rings (SSSR count). The largest absolute Gasteiger partial charge is 0.381 e. The molecule has 6 heteroatoms. The van der Waals surface area contributed by atoms with E-state index >= 15 is 0 Å². The number of nitrogens with zero attached hydrogens (tertiary/aromatic N) is 3. The minimum Gasteiger partial charge on any atom is -0.381 e. The Morgan fingerprint density at radius 1 is 1.25 bits per heavy atom. The molecule has 132 valence electrons. The summed E-state index contributed by atoms with van der Waals surface area (Å²) in [7, 11) is 0. The number of carbonyl (C=O) groups excluding carboxylic acids is 1. The van der Waals surface area contributed by atoms with Gasteiger partial charge < -0.3 is 10.1 Å². The van der Waals surface area contributed by atoms with Crippen LogP contribution in [0.25, 0.3) is 0 Å². The summed E-state index contributed by atoms with van der Waals surface area (Å²) in [6.07, 6.45) is 7.69. The van der Waals surface area contributed by atoms with Crippen molar-refractivity contribution in [1.82, 2.24) is 20.0 Å². The van der Waals surface area contributed by atoms with Crippen molar-refractivity contribution in [3.63, 3.8) is 0 Å². The number of hydrogen-bond acceptors (Lipinski definition) is 4. The van der Waals surface area contributed by atoms with Crippen LogP contribution in [0.5, 0.6) is 0 Å². The molecule has 0 aromatic carbocycles. The molecule has 1 amide bonds. The lowest BCUT2D eigenvalue weighted by atomic mass is 9.94. The fourth-order valence-electron chi connectivity index (χ4n) is 4.25. The summed E-state index contributed by atoms with van der Waals surface area (Å²) < 4.78 is 7.40. The SMILES string of the molecule is O=C(NCc1cc2n(n1)CCN(C1CCCCC1)C2)C1CCOC1. The van der Waals surface area contributed by atoms with Crippen LogP contribution in [0.2, 0.25) is 0 Å². The third-order valence-electron chi connectivity index (χ3n) is 5.71. The predicted molar refractivity (Wildman–Crippen MR) is 90.3 cm³/mol. The summed E-state index contributed by atoms with van der Waals surface area (Å²) in [6, 6.07) is 2.92. The Morgan fingerprint density at radius 2 is 2.12 bits per heavy atom. The molecule has 1 aromatic rings. The number of hydrogen-bond donors (Lipinski definition) is 1. The van der Waals surface area contributed by atoms with Gasteiger partial charge in [-0.1, -0.05) is 19.3 Å². The zero-order valence-electron chi connectivity index (χ0n) is 14.4. The summed E-state index contributed by atoms with van der Waals surface area (Å²) >= 11 is 0. The highest BCUT2D eigenvalue weighted by Crippen LogP contribution is 2.26. The highest BCUT2D eigenvalue weighted by molar-refractivity contribution is 5.78. The maximum atomic E-state index is 12.1. The van der Waals surface area contributed by atoms with Crippen LogP contribution in [0.3, 0.4) is 0 Å². The predicted octanol–water partition coefficient (Wildman–Crippen LogP) is 1.68. The van der Waals surface area contributed by atoms with Gasteiger partial charge in [0, 0.05) is 25.7 Å². The Kier molecular flexibility index (Phi) is 4.85. The van der Waals surface area contributed by atoms with E-state index in [4.69, 9.17) is 4.74 Å². The van der Waals surface area contributed by atoms with E-state index in [1.54, 1.807) is 0 Å². The van der Waals surface area contributed by atoms with E-state index in [1.165, 1.54) is 37.8 Å². The maximum Gasteiger partial charge on any atom is 0.225 e. The Balaban J connectivity index is 1.33. The van der Waals surface area contributed by atoms with Gasteiger partial charge in [-0.2, -0.15) is 5.10 Å². The molecule has 3 aliphatic rings. The van der Waals surface area contributed by atoms with E-state index in [0.29, 0.717) is 19.8 Å². The van der Waals surface area contributed by atoms with Gasteiger partial charge in [0.05, 0.1) is 37.0 Å². The number of carbonyl (C=O) groups is 1. The van der Waals surface area contributed by atoms with Gasteiger partial charge in [-0.3, -0.25) is 14.4 Å². The molecule has 24 heavy (non-hydrogen) atoms. The van der Waals surface area contributed by atoms with E-state index in [1.807, 2.05) is 0 Å². The first-order valence-electron chi connectivity index (χ1n) is 9.45. The molecule has 3 heterocycles. The topological polar surface area (TPSA) is 59.4 Å². The number of aromatic nitrogens is 2. The van der Waals surface area contributed by atoms with Crippen LogP contribution in [-0.4, -0.2) is 46.4 Å². The molecule has 1 atom stereocenters. The standard InChI is InChI=1S/C18H28N4O2/c23-18(14-6-9-24-13-14)19-11-15-10-17-12-21(7-8-22(17)20-15)16-4-2-1-3-5-16/h10,14,16H,1-9,11-13H2,(H,19,23). The van der Waals surface area contributed by atoms with Crippen molar-refractivity contribution in [2.24, 2.45) is 5.92 Å². The van der Waals surface area contributed by atoms with Crippen molar-refractivity contribution in [1.29, 1.82) is 0 Å². The number of amides is 1. The first kappa shape index (κ1) is 16.1. The van der Waals surface area contributed by atoms with Gasteiger partial charge in [0.1, 0.15) is 0 Å². The molecule has 2 aliphatic heterocycles. The van der Waals surface area contributed by atoms with Gasteiger partial charge in [0.25, 0.3) is 0 Å². The fourth-order valence-corrected chi connectivity index (χ4v) is 4.25. The zero-order valence-corrected chi connectivity index (χ0v) is 14.4. The second-order valence-electron chi connectivity index (χ2n) is 7.39. The van der Waals surface area contributed by atoms with Crippen molar-refractivity contribution in [3.05, 3.63) is 17.5 Å². The Bertz CT molecular complexity index is 574. The lowest BCUT2D eigenvalue weighted by Crippen LogP contribution is -2.42. The molecule has 2 fully saturated rings. The van der Waals surface area contributed by atoms with E-state index in [-0.39, 0.29) is 11.8 Å². The maximum absolute atomic E-state index is 12.1. The molecule has 1 aromatic heterocycles. The summed E-state index contributed by atoms with van der Waals surface area (Å²) in [5.41, 5.74) is 2.27. The summed E-state index contributed by atoms with van der Waals surface area (Å²) in [6.45, 7) is 4.86. The Hall–Kier alpha value is -1.40. The molecular formula is C18H28N4O2. The minimum atomic E-state index is 0.0176. The third kappa shape index (κ3) is 3.49. The smallest absolute Gasteiger partial charge is 0.225 e. The normalized spacial score (nSPS) is 25.6. The molecule has 0 radical (unpaired) electrons. The number of fused-ring (bicyclic) bond motifs is 1. The average Bonchev–Trinajstić information content (AvgIpc) is 3.29. The van der Waals surface area contributed by atoms with E-state index in [0.717, 1.165) is 37.8 Å². The van der Waals surface area contributed by atoms with Gasteiger partial charge in [-0.25, -0.2) is 0 Å². The monoisotopic (exact) mass is 332 g/mol. The number of nitrogens with one attached hydrogen (secondary N) is 1. The van der Waals surface area contributed by atoms with Crippen LogP contribution in [-0.2, 0) is 29.2 Å². The van der Waals surface area contributed by atoms with E-state index in [9.17, 15) is 4.79 Å². The van der Waals surface area contributed by atoms with Crippen LogP contribution < -0.4 is 5.32 Å². The van der Waals surface area contributed by atoms with Crippen LogP contribution in [0.15, 0.2) is 6.07 Å². The van der Waals surface area contributed by atoms with E-state index in [2.05, 4.69) is 26.1 Å². The molecule has 1 saturated heterocycles. The number of ether oxygens (including phenoxy) is 1. The van der Waals surface area contributed by atoms with Crippen molar-refractivity contribution in [2.75, 3.05) is 19.8 Å². The molecule has 1 saturated carbocycles. The van der Waals surface area contributed by atoms with Gasteiger partial charge in [-0.15, -0.1) is 0 Å². The fraction of sp³-hybridized carbons (Fsp3) is 0.778. The van der Waals surface area contributed by atoms with Crippen LogP contribution >= 0.6 is 0 Å². The van der Waals surface area contributed by atoms with Crippen LogP contribution in [0.4, 0.5) is 0 Å². The van der Waals surface area contributed by atoms with Crippen molar-refractivity contribution in [3.8, 4) is 0 Å². The highest BCUT2D eigenvalue weighted by Gasteiger charge is 2.26. The second kappa shape index (κ2) is 7.23. The van der Waals surface area contributed by atoms with Crippen LogP contribution in [0.1, 0.15) is 49.9 Å². The van der Waals surface area contributed by atoms with Gasteiger partial charge in [0.15, 0.2) is 0 Å². The Labute approximate surface area is 143 Å². The quantitative estimate of drug-likeness (QED) is 0.911. The van der Waals surface area contributed by atoms with Crippen LogP contribution in [0, 0.1) is 5.92 Å². The molecule has 1 aliphatic carbocycles. The first-order chi connectivity index (χ1) is 11.8. The summed E-state index contributed by atoms with van der Waals surface area (Å²) in [5, 5.41) is 7.69. The summed E-state index contributed by atoms with van der Waals surface area (Å²) in [4.78, 5) is 14.7. The lowest BCUT2D eigenvalue weighted by molar-refractivity contribution is -0.125. The molecule has 1 unspecified atom stereocenters. The molecule has 0 spiro atoms. The lowest BCUT2D eigenvalue weighted by Gasteiger charge is -2.36. The minimum absolute atomic E-state index is 0.0176. The van der Waals surface area contributed by atoms with Gasteiger partial charge >= 0.3 is 0 Å². The van der Waals surface area contributed by atoms with Gasteiger partial charge in [0.2, 0.25) is 5.91 Å². The number of rotatable bonds is 4. The first-order valence-corrected chi connectivity index (χ1v) is 9.45. The Morgan fingerprint density at radius 3 is 2.92 bits per heavy atom. The van der Waals surface area contributed by atoms with Crippen molar-refractivity contribution >= 4 is 5.91 Å². The molecule has 0 bridgehead atoms. The molecular weight excluding hydrogens is 304 g/mol. The highest BCUT2D eigenvalue weighted by atomic mass is 16.5. The molecule has 6 nitrogen and oxygen atoms in total.